The van der Waals surface area contributed by atoms with Gasteiger partial charge in [0, 0.05) is 6.04 Å². The molecule has 0 aliphatic heterocycles. The van der Waals surface area contributed by atoms with Crippen LogP contribution in [0.2, 0.25) is 0 Å². The molecule has 1 heterocycles. The second-order valence-electron chi connectivity index (χ2n) is 5.01. The molecule has 1 aliphatic rings. The molecule has 9 heteroatoms. The van der Waals surface area contributed by atoms with E-state index in [1.165, 1.54) is 11.8 Å². The predicted octanol–water partition coefficient (Wildman–Crippen LogP) is 0.723. The maximum absolute atomic E-state index is 11.9. The Labute approximate surface area is 121 Å². The molecule has 110 valence electrons. The Morgan fingerprint density at radius 1 is 1.35 bits per heavy atom. The zero-order valence-corrected chi connectivity index (χ0v) is 12.5. The van der Waals surface area contributed by atoms with Crippen molar-refractivity contribution in [3.8, 4) is 0 Å². The van der Waals surface area contributed by atoms with Gasteiger partial charge in [-0.15, -0.1) is 5.10 Å². The third-order valence-corrected chi connectivity index (χ3v) is 3.71. The maximum atomic E-state index is 11.9. The number of hydrogen-bond acceptors (Lipinski definition) is 6. The van der Waals surface area contributed by atoms with E-state index < -0.39 is 11.3 Å². The van der Waals surface area contributed by atoms with E-state index in [0.717, 1.165) is 12.8 Å². The van der Waals surface area contributed by atoms with Crippen LogP contribution in [0.4, 0.5) is 4.79 Å². The van der Waals surface area contributed by atoms with Crippen LogP contribution in [0.25, 0.3) is 0 Å². The number of carbonyl (C=O) groups is 2. The van der Waals surface area contributed by atoms with Crippen molar-refractivity contribution in [1.82, 2.24) is 30.8 Å². The lowest BCUT2D eigenvalue weighted by Gasteiger charge is -2.12. The highest BCUT2D eigenvalue weighted by Gasteiger charge is 2.29. The summed E-state index contributed by atoms with van der Waals surface area (Å²) >= 11 is 1.25. The SMILES string of the molecule is CC(C)NC(=O)NC(=O)[C@@H](C)Sc1nnnn1C1CC1. The molecule has 1 saturated carbocycles. The minimum Gasteiger partial charge on any atom is -0.336 e. The molecule has 2 N–H and O–H groups in total. The molecule has 3 amide bonds. The number of amides is 3. The van der Waals surface area contributed by atoms with E-state index >= 15 is 0 Å². The largest absolute Gasteiger partial charge is 0.336 e. The van der Waals surface area contributed by atoms with Crippen LogP contribution in [-0.4, -0.2) is 43.4 Å². The average Bonchev–Trinajstić information content (AvgIpc) is 3.09. The molecule has 0 bridgehead atoms. The molecule has 1 aliphatic carbocycles. The van der Waals surface area contributed by atoms with E-state index in [0.29, 0.717) is 11.2 Å². The first-order valence-corrected chi connectivity index (χ1v) is 7.41. The normalized spacial score (nSPS) is 16.0. The van der Waals surface area contributed by atoms with Gasteiger partial charge in [0.2, 0.25) is 11.1 Å². The monoisotopic (exact) mass is 298 g/mol. The Hall–Kier alpha value is -1.64. The lowest BCUT2D eigenvalue weighted by atomic mass is 10.4. The molecule has 0 unspecified atom stereocenters. The van der Waals surface area contributed by atoms with Crippen molar-refractivity contribution in [2.24, 2.45) is 0 Å². The highest BCUT2D eigenvalue weighted by Crippen LogP contribution is 2.37. The van der Waals surface area contributed by atoms with Gasteiger partial charge in [-0.3, -0.25) is 10.1 Å². The van der Waals surface area contributed by atoms with Gasteiger partial charge in [0.15, 0.2) is 0 Å². The number of urea groups is 1. The van der Waals surface area contributed by atoms with Crippen molar-refractivity contribution in [3.63, 3.8) is 0 Å². The Balaban J connectivity index is 1.87. The van der Waals surface area contributed by atoms with Gasteiger partial charge in [-0.25, -0.2) is 9.48 Å². The van der Waals surface area contributed by atoms with E-state index in [-0.39, 0.29) is 11.9 Å². The second kappa shape index (κ2) is 6.21. The molecule has 0 aromatic carbocycles. The summed E-state index contributed by atoms with van der Waals surface area (Å²) in [5, 5.41) is 16.5. The molecule has 0 spiro atoms. The van der Waals surface area contributed by atoms with Gasteiger partial charge in [0.1, 0.15) is 0 Å². The second-order valence-corrected chi connectivity index (χ2v) is 6.32. The highest BCUT2D eigenvalue weighted by molar-refractivity contribution is 8.00. The zero-order chi connectivity index (χ0) is 14.7. The topological polar surface area (TPSA) is 102 Å². The van der Waals surface area contributed by atoms with Gasteiger partial charge in [0.05, 0.1) is 11.3 Å². The fourth-order valence-electron chi connectivity index (χ4n) is 1.53. The van der Waals surface area contributed by atoms with E-state index in [1.54, 1.807) is 11.6 Å². The standard InChI is InChI=1S/C11H18N6O2S/c1-6(2)12-10(19)13-9(18)7(3)20-11-14-15-16-17(11)8-4-5-8/h6-8H,4-5H2,1-3H3,(H2,12,13,18,19)/t7-/m1/s1. The summed E-state index contributed by atoms with van der Waals surface area (Å²) in [6, 6.07) is -0.154. The Morgan fingerprint density at radius 3 is 2.65 bits per heavy atom. The van der Waals surface area contributed by atoms with Crippen LogP contribution in [0.1, 0.15) is 39.7 Å². The molecule has 20 heavy (non-hydrogen) atoms. The molecular weight excluding hydrogens is 280 g/mol. The van der Waals surface area contributed by atoms with Gasteiger partial charge in [-0.1, -0.05) is 11.8 Å². The van der Waals surface area contributed by atoms with Crippen LogP contribution in [0.3, 0.4) is 0 Å². The van der Waals surface area contributed by atoms with Gasteiger partial charge in [-0.05, 0) is 44.0 Å². The lowest BCUT2D eigenvalue weighted by Crippen LogP contribution is -2.45. The van der Waals surface area contributed by atoms with Gasteiger partial charge < -0.3 is 5.32 Å². The predicted molar refractivity (Wildman–Crippen MR) is 73.2 cm³/mol. The maximum Gasteiger partial charge on any atom is 0.321 e. The van der Waals surface area contributed by atoms with Gasteiger partial charge >= 0.3 is 6.03 Å². The van der Waals surface area contributed by atoms with Crippen molar-refractivity contribution in [2.45, 2.75) is 56.1 Å². The van der Waals surface area contributed by atoms with E-state index in [9.17, 15) is 9.59 Å². The van der Waals surface area contributed by atoms with Crippen molar-refractivity contribution < 1.29 is 9.59 Å². The lowest BCUT2D eigenvalue weighted by molar-refractivity contribution is -0.119. The number of imide groups is 1. The molecule has 2 rings (SSSR count). The summed E-state index contributed by atoms with van der Waals surface area (Å²) < 4.78 is 1.74. The van der Waals surface area contributed by atoms with Crippen molar-refractivity contribution >= 4 is 23.7 Å². The van der Waals surface area contributed by atoms with Crippen LogP contribution in [0.15, 0.2) is 5.16 Å². The summed E-state index contributed by atoms with van der Waals surface area (Å²) in [5.74, 6) is -0.363. The number of nitrogens with one attached hydrogen (secondary N) is 2. The third kappa shape index (κ3) is 3.92. The van der Waals surface area contributed by atoms with Gasteiger partial charge in [0.25, 0.3) is 0 Å². The van der Waals surface area contributed by atoms with E-state index in [1.807, 2.05) is 13.8 Å². The van der Waals surface area contributed by atoms with Crippen LogP contribution < -0.4 is 10.6 Å². The molecule has 0 radical (unpaired) electrons. The van der Waals surface area contributed by atoms with Crippen LogP contribution in [0.5, 0.6) is 0 Å². The summed E-state index contributed by atoms with van der Waals surface area (Å²) in [6.45, 7) is 5.37. The number of carbonyl (C=O) groups excluding carboxylic acids is 2. The van der Waals surface area contributed by atoms with Crippen molar-refractivity contribution in [3.05, 3.63) is 0 Å². The Kier molecular flexibility index (Phi) is 4.58. The molecule has 1 aromatic rings. The molecule has 1 atom stereocenters. The van der Waals surface area contributed by atoms with E-state index in [2.05, 4.69) is 26.2 Å². The van der Waals surface area contributed by atoms with E-state index in [4.69, 9.17) is 0 Å². The fraction of sp³-hybridized carbons (Fsp3) is 0.727. The molecule has 8 nitrogen and oxygen atoms in total. The highest BCUT2D eigenvalue weighted by atomic mass is 32.2. The number of nitrogens with zero attached hydrogens (tertiary/aromatic N) is 4. The number of hydrogen-bond donors (Lipinski definition) is 2. The minimum atomic E-state index is -0.487. The summed E-state index contributed by atoms with van der Waals surface area (Å²) in [5.41, 5.74) is 0. The zero-order valence-electron chi connectivity index (χ0n) is 11.7. The van der Waals surface area contributed by atoms with Crippen molar-refractivity contribution in [1.29, 1.82) is 0 Å². The van der Waals surface area contributed by atoms with Crippen LogP contribution >= 0.6 is 11.8 Å². The summed E-state index contributed by atoms with van der Waals surface area (Å²) in [6.07, 6.45) is 2.13. The number of aromatic nitrogens is 4. The molecule has 1 aromatic heterocycles. The number of thioether (sulfide) groups is 1. The minimum absolute atomic E-state index is 0.0204. The summed E-state index contributed by atoms with van der Waals surface area (Å²) in [4.78, 5) is 23.3. The fourth-order valence-corrected chi connectivity index (χ4v) is 2.39. The van der Waals surface area contributed by atoms with Gasteiger partial charge in [-0.2, -0.15) is 0 Å². The van der Waals surface area contributed by atoms with Crippen LogP contribution in [0, 0.1) is 0 Å². The number of tetrazole rings is 1. The average molecular weight is 298 g/mol. The first-order chi connectivity index (χ1) is 9.47. The van der Waals surface area contributed by atoms with Crippen LogP contribution in [-0.2, 0) is 4.79 Å². The van der Waals surface area contributed by atoms with Crippen molar-refractivity contribution in [2.75, 3.05) is 0 Å². The number of rotatable bonds is 5. The smallest absolute Gasteiger partial charge is 0.321 e. The summed E-state index contributed by atoms with van der Waals surface area (Å²) in [7, 11) is 0. The first kappa shape index (κ1) is 14.8. The Bertz CT molecular complexity index is 499. The molecular formula is C11H18N6O2S. The third-order valence-electron chi connectivity index (χ3n) is 2.66. The molecule has 0 saturated heterocycles. The molecule has 1 fully saturated rings. The first-order valence-electron chi connectivity index (χ1n) is 6.53. The quantitative estimate of drug-likeness (QED) is 0.777. The Morgan fingerprint density at radius 2 is 2.05 bits per heavy atom.